The van der Waals surface area contributed by atoms with E-state index in [0.717, 1.165) is 22.4 Å². The summed E-state index contributed by atoms with van der Waals surface area (Å²) in [6.07, 6.45) is 0. The van der Waals surface area contributed by atoms with Gasteiger partial charge < -0.3 is 11.1 Å². The molecule has 0 aliphatic carbocycles. The molecule has 1 aromatic heterocycles. The lowest BCUT2D eigenvalue weighted by atomic mass is 10.1. The second kappa shape index (κ2) is 4.59. The smallest absolute Gasteiger partial charge is 0.256 e. The first-order chi connectivity index (χ1) is 8.08. The number of anilines is 2. The quantitative estimate of drug-likeness (QED) is 0.799. The lowest BCUT2D eigenvalue weighted by molar-refractivity contribution is 0.102. The molecule has 2 rings (SSSR count). The molecule has 88 valence electrons. The van der Waals surface area contributed by atoms with Crippen LogP contribution in [0, 0.1) is 13.8 Å². The van der Waals surface area contributed by atoms with Crippen LogP contribution in [-0.4, -0.2) is 5.91 Å². The monoisotopic (exact) mass is 246 g/mol. The third-order valence-electron chi connectivity index (χ3n) is 2.60. The van der Waals surface area contributed by atoms with Crippen LogP contribution in [0.3, 0.4) is 0 Å². The molecule has 2 aromatic rings. The number of amides is 1. The van der Waals surface area contributed by atoms with Crippen LogP contribution in [0.2, 0.25) is 0 Å². The van der Waals surface area contributed by atoms with E-state index >= 15 is 0 Å². The second-order valence-electron chi connectivity index (χ2n) is 4.00. The molecule has 1 heterocycles. The van der Waals surface area contributed by atoms with Gasteiger partial charge in [0.2, 0.25) is 0 Å². The summed E-state index contributed by atoms with van der Waals surface area (Å²) in [4.78, 5) is 12.0. The zero-order valence-electron chi connectivity index (χ0n) is 9.78. The van der Waals surface area contributed by atoms with Gasteiger partial charge in [-0.1, -0.05) is 0 Å². The Balaban J connectivity index is 2.22. The molecule has 0 bridgehead atoms. The van der Waals surface area contributed by atoms with Crippen LogP contribution in [0.4, 0.5) is 11.4 Å². The van der Waals surface area contributed by atoms with E-state index in [1.165, 1.54) is 11.3 Å². The number of rotatable bonds is 2. The minimum Gasteiger partial charge on any atom is -0.399 e. The number of carbonyl (C=O) groups excluding carboxylic acids is 1. The number of thiophene rings is 1. The molecule has 1 aromatic carbocycles. The van der Waals surface area contributed by atoms with E-state index in [-0.39, 0.29) is 5.91 Å². The molecule has 1 amide bonds. The van der Waals surface area contributed by atoms with Crippen LogP contribution < -0.4 is 11.1 Å². The van der Waals surface area contributed by atoms with Crippen molar-refractivity contribution >= 4 is 28.6 Å². The summed E-state index contributed by atoms with van der Waals surface area (Å²) >= 11 is 1.53. The highest BCUT2D eigenvalue weighted by Gasteiger charge is 2.10. The standard InChI is InChI=1S/C13H14N2OS/c1-8-5-10(14)3-4-12(8)15-13(16)11-7-17-6-9(11)2/h3-7H,14H2,1-2H3,(H,15,16). The number of hydrogen-bond donors (Lipinski definition) is 2. The van der Waals surface area contributed by atoms with Gasteiger partial charge in [0.05, 0.1) is 5.56 Å². The van der Waals surface area contributed by atoms with E-state index in [0.29, 0.717) is 5.69 Å². The Morgan fingerprint density at radius 2 is 2.00 bits per heavy atom. The maximum Gasteiger partial charge on any atom is 0.256 e. The number of hydrogen-bond acceptors (Lipinski definition) is 3. The average molecular weight is 246 g/mol. The molecular formula is C13H14N2OS. The lowest BCUT2D eigenvalue weighted by Gasteiger charge is -2.08. The highest BCUT2D eigenvalue weighted by Crippen LogP contribution is 2.20. The summed E-state index contributed by atoms with van der Waals surface area (Å²) in [6, 6.07) is 5.45. The maximum absolute atomic E-state index is 12.0. The summed E-state index contributed by atoms with van der Waals surface area (Å²) < 4.78 is 0. The summed E-state index contributed by atoms with van der Waals surface area (Å²) in [5, 5.41) is 6.71. The molecule has 3 N–H and O–H groups in total. The van der Waals surface area contributed by atoms with E-state index in [1.54, 1.807) is 6.07 Å². The third kappa shape index (κ3) is 2.47. The van der Waals surface area contributed by atoms with Crippen molar-refractivity contribution in [2.24, 2.45) is 0 Å². The van der Waals surface area contributed by atoms with E-state index in [2.05, 4.69) is 5.32 Å². The van der Waals surface area contributed by atoms with Gasteiger partial charge in [-0.15, -0.1) is 0 Å². The van der Waals surface area contributed by atoms with Crippen LogP contribution in [-0.2, 0) is 0 Å². The number of carbonyl (C=O) groups is 1. The first-order valence-corrected chi connectivity index (χ1v) is 6.22. The van der Waals surface area contributed by atoms with Gasteiger partial charge in [0.25, 0.3) is 5.91 Å². The van der Waals surface area contributed by atoms with E-state index < -0.39 is 0 Å². The van der Waals surface area contributed by atoms with Crippen molar-refractivity contribution in [3.05, 3.63) is 45.6 Å². The van der Waals surface area contributed by atoms with Gasteiger partial charge >= 0.3 is 0 Å². The van der Waals surface area contributed by atoms with Gasteiger partial charge in [-0.25, -0.2) is 0 Å². The van der Waals surface area contributed by atoms with Crippen LogP contribution in [0.1, 0.15) is 21.5 Å². The summed E-state index contributed by atoms with van der Waals surface area (Å²) in [6.45, 7) is 3.85. The van der Waals surface area contributed by atoms with Crippen LogP contribution in [0.25, 0.3) is 0 Å². The topological polar surface area (TPSA) is 55.1 Å². The van der Waals surface area contributed by atoms with E-state index in [9.17, 15) is 4.79 Å². The molecule has 0 saturated heterocycles. The van der Waals surface area contributed by atoms with Crippen molar-refractivity contribution in [3.8, 4) is 0 Å². The van der Waals surface area contributed by atoms with Gasteiger partial charge in [-0.05, 0) is 48.6 Å². The molecule has 0 spiro atoms. The number of nitrogen functional groups attached to an aromatic ring is 1. The van der Waals surface area contributed by atoms with Crippen molar-refractivity contribution in [1.29, 1.82) is 0 Å². The van der Waals surface area contributed by atoms with Crippen molar-refractivity contribution < 1.29 is 4.79 Å². The van der Waals surface area contributed by atoms with E-state index in [4.69, 9.17) is 5.73 Å². The largest absolute Gasteiger partial charge is 0.399 e. The fraction of sp³-hybridized carbons (Fsp3) is 0.154. The Kier molecular flexibility index (Phi) is 3.15. The molecule has 3 nitrogen and oxygen atoms in total. The van der Waals surface area contributed by atoms with E-state index in [1.807, 2.05) is 36.7 Å². The average Bonchev–Trinajstić information content (AvgIpc) is 2.68. The lowest BCUT2D eigenvalue weighted by Crippen LogP contribution is -2.13. The van der Waals surface area contributed by atoms with Crippen molar-refractivity contribution in [1.82, 2.24) is 0 Å². The van der Waals surface area contributed by atoms with Gasteiger partial charge in [-0.2, -0.15) is 11.3 Å². The first kappa shape index (κ1) is 11.7. The number of nitrogens with one attached hydrogen (secondary N) is 1. The van der Waals surface area contributed by atoms with Gasteiger partial charge in [0.1, 0.15) is 0 Å². The summed E-state index contributed by atoms with van der Waals surface area (Å²) in [5.41, 5.74) is 9.86. The second-order valence-corrected chi connectivity index (χ2v) is 4.74. The molecule has 0 aliphatic rings. The Bertz CT molecular complexity index is 560. The number of benzene rings is 1. The molecule has 4 heteroatoms. The number of nitrogens with two attached hydrogens (primary N) is 1. The minimum atomic E-state index is -0.0726. The fourth-order valence-corrected chi connectivity index (χ4v) is 2.44. The molecular weight excluding hydrogens is 232 g/mol. The molecule has 0 saturated carbocycles. The molecule has 17 heavy (non-hydrogen) atoms. The zero-order valence-corrected chi connectivity index (χ0v) is 10.6. The van der Waals surface area contributed by atoms with Crippen LogP contribution in [0.15, 0.2) is 29.0 Å². The summed E-state index contributed by atoms with van der Waals surface area (Å²) in [7, 11) is 0. The van der Waals surface area contributed by atoms with Crippen molar-refractivity contribution in [2.75, 3.05) is 11.1 Å². The summed E-state index contributed by atoms with van der Waals surface area (Å²) in [5.74, 6) is -0.0726. The van der Waals surface area contributed by atoms with Gasteiger partial charge in [0.15, 0.2) is 0 Å². The Morgan fingerprint density at radius 3 is 2.59 bits per heavy atom. The van der Waals surface area contributed by atoms with Crippen molar-refractivity contribution in [3.63, 3.8) is 0 Å². The Labute approximate surface area is 104 Å². The fourth-order valence-electron chi connectivity index (χ4n) is 1.61. The van der Waals surface area contributed by atoms with Crippen LogP contribution in [0.5, 0.6) is 0 Å². The predicted octanol–water partition coefficient (Wildman–Crippen LogP) is 3.20. The molecule has 0 atom stereocenters. The maximum atomic E-state index is 12.0. The minimum absolute atomic E-state index is 0.0726. The first-order valence-electron chi connectivity index (χ1n) is 5.28. The molecule has 0 aliphatic heterocycles. The van der Waals surface area contributed by atoms with Gasteiger partial charge in [-0.3, -0.25) is 4.79 Å². The third-order valence-corrected chi connectivity index (χ3v) is 3.46. The molecule has 0 radical (unpaired) electrons. The zero-order chi connectivity index (χ0) is 12.4. The Hall–Kier alpha value is -1.81. The van der Waals surface area contributed by atoms with Crippen molar-refractivity contribution in [2.45, 2.75) is 13.8 Å². The van der Waals surface area contributed by atoms with Crippen LogP contribution >= 0.6 is 11.3 Å². The Morgan fingerprint density at radius 1 is 1.24 bits per heavy atom. The normalized spacial score (nSPS) is 10.2. The number of aryl methyl sites for hydroxylation is 2. The van der Waals surface area contributed by atoms with Gasteiger partial charge in [0, 0.05) is 16.8 Å². The molecule has 0 unspecified atom stereocenters. The highest BCUT2D eigenvalue weighted by molar-refractivity contribution is 7.08. The molecule has 0 fully saturated rings. The SMILES string of the molecule is Cc1cc(N)ccc1NC(=O)c1cscc1C. The predicted molar refractivity (Wildman–Crippen MR) is 72.6 cm³/mol. The highest BCUT2D eigenvalue weighted by atomic mass is 32.1.